The molecule has 7 saturated carbocycles. The summed E-state index contributed by atoms with van der Waals surface area (Å²) in [6, 6.07) is 0. The zero-order valence-electron chi connectivity index (χ0n) is 48.5. The van der Waals surface area contributed by atoms with Crippen molar-refractivity contribution in [1.82, 2.24) is 0 Å². The lowest BCUT2D eigenvalue weighted by molar-refractivity contribution is -0.141. The number of aliphatic hydroxyl groups excluding tert-OH is 2. The summed E-state index contributed by atoms with van der Waals surface area (Å²) in [7, 11) is 0. The second-order valence-electron chi connectivity index (χ2n) is 27.0. The van der Waals surface area contributed by atoms with Crippen LogP contribution in [0.25, 0.3) is 0 Å². The summed E-state index contributed by atoms with van der Waals surface area (Å²) in [5.74, 6) is 11.2. The number of esters is 2. The molecule has 0 saturated heterocycles. The number of ether oxygens (including phenoxy) is 4. The van der Waals surface area contributed by atoms with Gasteiger partial charge in [-0.1, -0.05) is 155 Å². The van der Waals surface area contributed by atoms with Crippen molar-refractivity contribution in [3.63, 3.8) is 0 Å². The Morgan fingerprint density at radius 2 is 0.907 bits per heavy atom. The maximum Gasteiger partial charge on any atom is 0.333 e. The monoisotopic (exact) mass is 1050 g/mol. The van der Waals surface area contributed by atoms with Crippen molar-refractivity contribution < 1.29 is 38.7 Å². The molecule has 7 fully saturated rings. The molecule has 18 unspecified atom stereocenters. The molecule has 0 amide bonds. The van der Waals surface area contributed by atoms with Gasteiger partial charge in [-0.15, -0.1) is 0 Å². The number of unbranched alkanes of at least 4 members (excludes halogenated alkanes) is 16. The van der Waals surface area contributed by atoms with Crippen LogP contribution in [0.3, 0.4) is 0 Å². The maximum atomic E-state index is 12.0. The van der Waals surface area contributed by atoms with Crippen molar-refractivity contribution in [3.05, 3.63) is 24.8 Å². The lowest BCUT2D eigenvalue weighted by Crippen LogP contribution is -2.35. The molecule has 7 aliphatic rings. The fourth-order valence-corrected chi connectivity index (χ4v) is 18.2. The van der Waals surface area contributed by atoms with Crippen molar-refractivity contribution in [2.24, 2.45) is 94.7 Å². The molecule has 8 heteroatoms. The third kappa shape index (κ3) is 18.4. The van der Waals surface area contributed by atoms with Crippen LogP contribution in [0.15, 0.2) is 24.8 Å². The van der Waals surface area contributed by atoms with E-state index in [1.165, 1.54) is 212 Å². The summed E-state index contributed by atoms with van der Waals surface area (Å²) in [6.45, 7) is 16.2. The Morgan fingerprint density at radius 1 is 0.480 bits per heavy atom. The molecule has 0 heterocycles. The lowest BCUT2D eigenvalue weighted by atomic mass is 9.61. The van der Waals surface area contributed by atoms with E-state index in [2.05, 4.69) is 27.0 Å². The molecular weight excluding hydrogens is 933 g/mol. The fourth-order valence-electron chi connectivity index (χ4n) is 18.2. The van der Waals surface area contributed by atoms with Crippen LogP contribution in [0.5, 0.6) is 0 Å². The van der Waals surface area contributed by atoms with Crippen molar-refractivity contribution in [3.8, 4) is 0 Å². The Hall–Kier alpha value is -1.74. The van der Waals surface area contributed by atoms with Gasteiger partial charge < -0.3 is 29.2 Å². The van der Waals surface area contributed by atoms with E-state index < -0.39 is 12.6 Å². The van der Waals surface area contributed by atoms with Gasteiger partial charge in [-0.05, 0) is 204 Å². The van der Waals surface area contributed by atoms with E-state index in [0.717, 1.165) is 84.9 Å². The highest BCUT2D eigenvalue weighted by molar-refractivity contribution is 5.86. The molecule has 7 aliphatic carbocycles. The molecular formula is C67H114O8. The predicted molar refractivity (Wildman–Crippen MR) is 304 cm³/mol. The number of carbonyl (C=O) groups excluding carboxylic acids is 2. The third-order valence-corrected chi connectivity index (χ3v) is 21.8. The van der Waals surface area contributed by atoms with Gasteiger partial charge in [0, 0.05) is 11.6 Å². The van der Waals surface area contributed by atoms with Crippen LogP contribution in [0.1, 0.15) is 252 Å². The average Bonchev–Trinajstić information content (AvgIpc) is 4.30. The SMILES string of the molecule is C=CC(=O)OCC1CC2C3CC(COC(O)CCCCCCCC4C(CCCCCCCC)CCC(CCCCCC)C4CCCCCCCC(O)OCC4CC5C6CC(COC(=O)C(=C)C)C(C6)C5C4)C(C3)C2C1. The average molecular weight is 1050 g/mol. The number of hydrogen-bond acceptors (Lipinski definition) is 8. The van der Waals surface area contributed by atoms with Gasteiger partial charge in [0.1, 0.15) is 0 Å². The highest BCUT2D eigenvalue weighted by Crippen LogP contribution is 2.63. The normalized spacial score (nSPS) is 34.1. The second-order valence-corrected chi connectivity index (χ2v) is 27.0. The quantitative estimate of drug-likeness (QED) is 0.0270. The van der Waals surface area contributed by atoms with E-state index >= 15 is 0 Å². The molecule has 18 atom stereocenters. The number of rotatable bonds is 40. The van der Waals surface area contributed by atoms with E-state index in [0.29, 0.717) is 67.5 Å². The van der Waals surface area contributed by atoms with Crippen molar-refractivity contribution in [2.75, 3.05) is 26.4 Å². The molecule has 75 heavy (non-hydrogen) atoms. The van der Waals surface area contributed by atoms with E-state index in [1.54, 1.807) is 6.92 Å². The van der Waals surface area contributed by atoms with E-state index in [4.69, 9.17) is 18.9 Å². The minimum absolute atomic E-state index is 0.249. The minimum atomic E-state index is -0.639. The smallest absolute Gasteiger partial charge is 0.333 e. The van der Waals surface area contributed by atoms with Gasteiger partial charge in [-0.2, -0.15) is 0 Å². The Balaban J connectivity index is 0.783. The lowest BCUT2D eigenvalue weighted by Gasteiger charge is -2.44. The fraction of sp³-hybridized carbons (Fsp3) is 0.910. The van der Waals surface area contributed by atoms with Gasteiger partial charge >= 0.3 is 11.9 Å². The zero-order valence-corrected chi connectivity index (χ0v) is 48.5. The number of fused-ring (bicyclic) bond motifs is 10. The van der Waals surface area contributed by atoms with Crippen LogP contribution in [0, 0.1) is 94.7 Å². The van der Waals surface area contributed by atoms with Crippen LogP contribution in [-0.2, 0) is 28.5 Å². The van der Waals surface area contributed by atoms with Crippen molar-refractivity contribution in [2.45, 2.75) is 265 Å². The third-order valence-electron chi connectivity index (χ3n) is 21.8. The Kier molecular flexibility index (Phi) is 26.4. The topological polar surface area (TPSA) is 112 Å². The molecule has 0 aromatic carbocycles. The molecule has 4 bridgehead atoms. The number of aliphatic hydroxyl groups is 2. The van der Waals surface area contributed by atoms with Gasteiger partial charge in [0.15, 0.2) is 12.6 Å². The first-order valence-corrected chi connectivity index (χ1v) is 32.8. The molecule has 0 aromatic heterocycles. The largest absolute Gasteiger partial charge is 0.462 e. The minimum Gasteiger partial charge on any atom is -0.462 e. The van der Waals surface area contributed by atoms with Gasteiger partial charge in [-0.3, -0.25) is 0 Å². The summed E-state index contributed by atoms with van der Waals surface area (Å²) in [5, 5.41) is 21.8. The molecule has 0 aromatic rings. The zero-order chi connectivity index (χ0) is 52.9. The molecule has 2 N–H and O–H groups in total. The summed E-state index contributed by atoms with van der Waals surface area (Å²) >= 11 is 0. The molecule has 7 rings (SSSR count). The molecule has 430 valence electrons. The first-order chi connectivity index (χ1) is 36.6. The van der Waals surface area contributed by atoms with E-state index in [-0.39, 0.29) is 11.9 Å². The Labute approximate surface area is 459 Å². The Bertz CT molecular complexity index is 1660. The van der Waals surface area contributed by atoms with Crippen LogP contribution >= 0.6 is 0 Å². The molecule has 0 spiro atoms. The van der Waals surface area contributed by atoms with Crippen LogP contribution in [-0.4, -0.2) is 61.2 Å². The van der Waals surface area contributed by atoms with E-state index in [9.17, 15) is 19.8 Å². The Morgan fingerprint density at radius 3 is 1.41 bits per heavy atom. The van der Waals surface area contributed by atoms with Gasteiger partial charge in [0.25, 0.3) is 0 Å². The summed E-state index contributed by atoms with van der Waals surface area (Å²) in [5.41, 5.74) is 0.489. The van der Waals surface area contributed by atoms with Crippen LogP contribution in [0.4, 0.5) is 0 Å². The highest BCUT2D eigenvalue weighted by atomic mass is 16.6. The van der Waals surface area contributed by atoms with Crippen LogP contribution in [0.2, 0.25) is 0 Å². The molecule has 0 aliphatic heterocycles. The maximum absolute atomic E-state index is 12.0. The standard InChI is InChI=1S/C67H114O8/c1-6-9-11-13-16-22-28-51-34-33-50(27-21-12-10-7-2)56(29-23-17-14-19-25-31-65(69)73-44-49-36-59-53-40-55(46-75-67(71)47(4)5)61(42-53)63(59)38-49)57(51)30-24-18-15-20-26-32-66(70)74-45-54-39-52-41-60(54)62-37-48(35-58(52)62)43-72-64(68)8-3/h8,48-63,65-66,69-70H,3-4,6-7,9-46H2,1-2,5H3. The summed E-state index contributed by atoms with van der Waals surface area (Å²) < 4.78 is 23.3. The first kappa shape index (κ1) is 60.9. The summed E-state index contributed by atoms with van der Waals surface area (Å²) in [6.07, 6.45) is 46.4. The van der Waals surface area contributed by atoms with Crippen LogP contribution < -0.4 is 0 Å². The van der Waals surface area contributed by atoms with Gasteiger partial charge in [0.2, 0.25) is 0 Å². The second kappa shape index (κ2) is 32.5. The molecule has 0 radical (unpaired) electrons. The summed E-state index contributed by atoms with van der Waals surface area (Å²) in [4.78, 5) is 23.7. The van der Waals surface area contributed by atoms with Crippen molar-refractivity contribution in [1.29, 1.82) is 0 Å². The first-order valence-electron chi connectivity index (χ1n) is 32.8. The number of carbonyl (C=O) groups is 2. The predicted octanol–water partition coefficient (Wildman–Crippen LogP) is 16.5. The van der Waals surface area contributed by atoms with Gasteiger partial charge in [-0.25, -0.2) is 9.59 Å². The molecule has 8 nitrogen and oxygen atoms in total. The highest BCUT2D eigenvalue weighted by Gasteiger charge is 2.57. The van der Waals surface area contributed by atoms with Gasteiger partial charge in [0.05, 0.1) is 26.4 Å². The number of hydrogen-bond donors (Lipinski definition) is 2. The van der Waals surface area contributed by atoms with Crippen molar-refractivity contribution >= 4 is 11.9 Å². The van der Waals surface area contributed by atoms with E-state index in [1.807, 2.05) is 0 Å².